The van der Waals surface area contributed by atoms with Gasteiger partial charge in [-0.15, -0.1) is 11.3 Å². The molecule has 1 atom stereocenters. The average molecular weight is 352 g/mol. The Morgan fingerprint density at radius 2 is 2.22 bits per heavy atom. The maximum atomic E-state index is 12.2. The van der Waals surface area contributed by atoms with Gasteiger partial charge >= 0.3 is 0 Å². The van der Waals surface area contributed by atoms with Gasteiger partial charge in [-0.3, -0.25) is 0 Å². The zero-order valence-corrected chi connectivity index (χ0v) is 13.8. The molecular weight excluding hydrogens is 334 g/mol. The lowest BCUT2D eigenvalue weighted by Gasteiger charge is -2.15. The largest absolute Gasteiger partial charge is 0.250 e. The molecule has 2 rings (SSSR count). The van der Waals surface area contributed by atoms with Gasteiger partial charge in [0.05, 0.1) is 3.79 Å². The summed E-state index contributed by atoms with van der Waals surface area (Å²) in [6, 6.07) is 1.80. The lowest BCUT2D eigenvalue weighted by atomic mass is 10.1. The normalized spacial score (nSPS) is 17.9. The zero-order chi connectivity index (χ0) is 13.3. The van der Waals surface area contributed by atoms with Crippen LogP contribution in [0.5, 0.6) is 0 Å². The van der Waals surface area contributed by atoms with E-state index in [2.05, 4.69) is 20.7 Å². The van der Waals surface area contributed by atoms with Crippen LogP contribution in [-0.2, 0) is 10.0 Å². The first-order valence-corrected chi connectivity index (χ1v) is 9.30. The Kier molecular flexibility index (Phi) is 4.52. The van der Waals surface area contributed by atoms with Crippen molar-refractivity contribution in [3.63, 3.8) is 0 Å². The lowest BCUT2D eigenvalue weighted by molar-refractivity contribution is 0.496. The molecule has 6 heteroatoms. The number of aryl methyl sites for hydroxylation is 1. The molecule has 3 nitrogen and oxygen atoms in total. The van der Waals surface area contributed by atoms with Crippen LogP contribution in [0.15, 0.2) is 14.1 Å². The third kappa shape index (κ3) is 3.56. The lowest BCUT2D eigenvalue weighted by Crippen LogP contribution is -2.34. The van der Waals surface area contributed by atoms with E-state index in [4.69, 9.17) is 0 Å². The quantitative estimate of drug-likeness (QED) is 0.849. The van der Waals surface area contributed by atoms with Crippen molar-refractivity contribution in [2.24, 2.45) is 5.92 Å². The monoisotopic (exact) mass is 351 g/mol. The van der Waals surface area contributed by atoms with Crippen molar-refractivity contribution in [2.75, 3.05) is 0 Å². The maximum absolute atomic E-state index is 12.2. The van der Waals surface area contributed by atoms with Gasteiger partial charge in [-0.25, -0.2) is 13.1 Å². The molecule has 1 heterocycles. The van der Waals surface area contributed by atoms with Crippen molar-refractivity contribution in [3.8, 4) is 0 Å². The Bertz CT molecular complexity index is 501. The number of thiophene rings is 1. The first kappa shape index (κ1) is 14.5. The number of rotatable bonds is 6. The van der Waals surface area contributed by atoms with Crippen LogP contribution in [0.3, 0.4) is 0 Å². The Hall–Kier alpha value is 0.0900. The Balaban J connectivity index is 2.09. The van der Waals surface area contributed by atoms with Crippen molar-refractivity contribution in [2.45, 2.75) is 49.8 Å². The van der Waals surface area contributed by atoms with Crippen LogP contribution in [0.1, 0.15) is 38.2 Å². The smallest absolute Gasteiger partial charge is 0.207 e. The fraction of sp³-hybridized carbons (Fsp3) is 0.667. The summed E-state index contributed by atoms with van der Waals surface area (Å²) in [6.45, 7) is 3.94. The Morgan fingerprint density at radius 3 is 2.67 bits per heavy atom. The van der Waals surface area contributed by atoms with E-state index in [1.54, 1.807) is 6.07 Å². The van der Waals surface area contributed by atoms with Gasteiger partial charge in [-0.1, -0.05) is 19.8 Å². The van der Waals surface area contributed by atoms with Gasteiger partial charge in [0.2, 0.25) is 10.0 Å². The van der Waals surface area contributed by atoms with Crippen LogP contribution in [0, 0.1) is 12.8 Å². The van der Waals surface area contributed by atoms with Crippen molar-refractivity contribution < 1.29 is 8.42 Å². The summed E-state index contributed by atoms with van der Waals surface area (Å²) < 4.78 is 28.6. The molecule has 18 heavy (non-hydrogen) atoms. The van der Waals surface area contributed by atoms with Crippen LogP contribution in [0.4, 0.5) is 0 Å². The number of sulfonamides is 1. The predicted molar refractivity (Wildman–Crippen MR) is 78.5 cm³/mol. The molecule has 1 aromatic rings. The van der Waals surface area contributed by atoms with E-state index in [0.717, 1.165) is 28.1 Å². The highest BCUT2D eigenvalue weighted by atomic mass is 79.9. The van der Waals surface area contributed by atoms with E-state index >= 15 is 0 Å². The Morgan fingerprint density at radius 1 is 1.56 bits per heavy atom. The molecule has 1 aliphatic rings. The topological polar surface area (TPSA) is 46.2 Å². The summed E-state index contributed by atoms with van der Waals surface area (Å²) in [7, 11) is -3.35. The molecule has 102 valence electrons. The second-order valence-electron chi connectivity index (χ2n) is 4.93. The minimum Gasteiger partial charge on any atom is -0.207 e. The first-order valence-electron chi connectivity index (χ1n) is 6.20. The molecular formula is C12H18BrNO2S2. The number of halogens is 1. The standard InChI is InChI=1S/C12H18BrNO2S2/c1-3-10(7-9-4-5-9)14-18(15,16)11-6-8(2)12(13)17-11/h6,9-10,14H,3-5,7H2,1-2H3. The van der Waals surface area contributed by atoms with E-state index in [1.165, 1.54) is 24.2 Å². The maximum Gasteiger partial charge on any atom is 0.250 e. The summed E-state index contributed by atoms with van der Waals surface area (Å²) in [4.78, 5) is 0. The highest BCUT2D eigenvalue weighted by molar-refractivity contribution is 9.11. The predicted octanol–water partition coefficient (Wildman–Crippen LogP) is 3.68. The molecule has 0 aromatic carbocycles. The molecule has 1 unspecified atom stereocenters. The highest BCUT2D eigenvalue weighted by Gasteiger charge is 2.28. The second kappa shape index (κ2) is 5.61. The molecule has 1 aliphatic carbocycles. The van der Waals surface area contributed by atoms with Gasteiger partial charge in [0.1, 0.15) is 4.21 Å². The van der Waals surface area contributed by atoms with Gasteiger partial charge in [-0.05, 0) is 53.2 Å². The summed E-state index contributed by atoms with van der Waals surface area (Å²) in [5.41, 5.74) is 0.968. The Labute approximate surface area is 121 Å². The molecule has 0 saturated heterocycles. The van der Waals surface area contributed by atoms with Crippen LogP contribution >= 0.6 is 27.3 Å². The fourth-order valence-electron chi connectivity index (χ4n) is 1.90. The van der Waals surface area contributed by atoms with Crippen molar-refractivity contribution >= 4 is 37.3 Å². The van der Waals surface area contributed by atoms with Gasteiger partial charge in [0.15, 0.2) is 0 Å². The van der Waals surface area contributed by atoms with Crippen molar-refractivity contribution in [1.29, 1.82) is 0 Å². The van der Waals surface area contributed by atoms with Gasteiger partial charge in [-0.2, -0.15) is 0 Å². The van der Waals surface area contributed by atoms with Gasteiger partial charge < -0.3 is 0 Å². The SMILES string of the molecule is CCC(CC1CC1)NS(=O)(=O)c1cc(C)c(Br)s1. The molecule has 0 bridgehead atoms. The third-order valence-electron chi connectivity index (χ3n) is 3.23. The molecule has 1 aromatic heterocycles. The molecule has 0 spiro atoms. The second-order valence-corrected chi connectivity index (χ2v) is 9.24. The van der Waals surface area contributed by atoms with E-state index in [-0.39, 0.29) is 6.04 Å². The van der Waals surface area contributed by atoms with Gasteiger partial charge in [0, 0.05) is 6.04 Å². The fourth-order valence-corrected chi connectivity index (χ4v) is 5.47. The van der Waals surface area contributed by atoms with E-state index in [9.17, 15) is 8.42 Å². The number of nitrogens with one attached hydrogen (secondary N) is 1. The van der Waals surface area contributed by atoms with Crippen LogP contribution < -0.4 is 4.72 Å². The van der Waals surface area contributed by atoms with Crippen molar-refractivity contribution in [1.82, 2.24) is 4.72 Å². The minimum atomic E-state index is -3.35. The summed E-state index contributed by atoms with van der Waals surface area (Å²) in [5.74, 6) is 0.731. The summed E-state index contributed by atoms with van der Waals surface area (Å²) >= 11 is 4.64. The van der Waals surface area contributed by atoms with E-state index in [1.807, 2.05) is 13.8 Å². The molecule has 0 aliphatic heterocycles. The van der Waals surface area contributed by atoms with Crippen molar-refractivity contribution in [3.05, 3.63) is 15.4 Å². The van der Waals surface area contributed by atoms with Crippen LogP contribution in [0.25, 0.3) is 0 Å². The molecule has 1 saturated carbocycles. The first-order chi connectivity index (χ1) is 8.42. The summed E-state index contributed by atoms with van der Waals surface area (Å²) in [6.07, 6.45) is 4.33. The highest BCUT2D eigenvalue weighted by Crippen LogP contribution is 2.35. The van der Waals surface area contributed by atoms with Crippen LogP contribution in [0.2, 0.25) is 0 Å². The average Bonchev–Trinajstić information content (AvgIpc) is 3.04. The van der Waals surface area contributed by atoms with Crippen LogP contribution in [-0.4, -0.2) is 14.5 Å². The molecule has 0 radical (unpaired) electrons. The van der Waals surface area contributed by atoms with Gasteiger partial charge in [0.25, 0.3) is 0 Å². The molecule has 0 amide bonds. The van der Waals surface area contributed by atoms with E-state index in [0.29, 0.717) is 4.21 Å². The third-order valence-corrected chi connectivity index (χ3v) is 7.36. The number of hydrogen-bond acceptors (Lipinski definition) is 3. The minimum absolute atomic E-state index is 0.0729. The summed E-state index contributed by atoms with van der Waals surface area (Å²) in [5, 5.41) is 0. The zero-order valence-electron chi connectivity index (χ0n) is 10.6. The van der Waals surface area contributed by atoms with E-state index < -0.39 is 10.0 Å². The molecule has 1 N–H and O–H groups in total. The molecule has 1 fully saturated rings. The number of hydrogen-bond donors (Lipinski definition) is 1.